The standard InChI is InChI=1S/C19H27N3O3/c1-5-21-12-15-11-16(7-8-17(15)22(6-2)19(21)25)20-18(24)10-13(3)9-14(4)23/h7-8,11,13H,5-6,9-10,12H2,1-4H3,(H,20,24). The third-order valence-electron chi connectivity index (χ3n) is 4.38. The SMILES string of the molecule is CCN1Cc2cc(NC(=O)CC(C)CC(C)=O)ccc2N(CC)C1=O. The maximum atomic E-state index is 12.4. The molecule has 0 fully saturated rings. The topological polar surface area (TPSA) is 69.7 Å². The third kappa shape index (κ3) is 4.59. The minimum atomic E-state index is -0.0970. The largest absolute Gasteiger partial charge is 0.326 e. The van der Waals surface area contributed by atoms with Gasteiger partial charge >= 0.3 is 6.03 Å². The van der Waals surface area contributed by atoms with Crippen LogP contribution in [0.5, 0.6) is 0 Å². The number of carbonyl (C=O) groups excluding carboxylic acids is 3. The summed E-state index contributed by atoms with van der Waals surface area (Å²) < 4.78 is 0. The third-order valence-corrected chi connectivity index (χ3v) is 4.38. The lowest BCUT2D eigenvalue weighted by atomic mass is 10.0. The van der Waals surface area contributed by atoms with Crippen LogP contribution in [0.15, 0.2) is 18.2 Å². The van der Waals surface area contributed by atoms with Gasteiger partial charge < -0.3 is 15.0 Å². The van der Waals surface area contributed by atoms with E-state index in [-0.39, 0.29) is 23.6 Å². The quantitative estimate of drug-likeness (QED) is 0.823. The molecule has 3 amide bonds. The average molecular weight is 345 g/mol. The van der Waals surface area contributed by atoms with E-state index in [9.17, 15) is 14.4 Å². The van der Waals surface area contributed by atoms with E-state index in [1.165, 1.54) is 6.92 Å². The van der Waals surface area contributed by atoms with E-state index >= 15 is 0 Å². The lowest BCUT2D eigenvalue weighted by Gasteiger charge is -2.36. The Kier molecular flexibility index (Phi) is 6.17. The number of carbonyl (C=O) groups is 3. The minimum Gasteiger partial charge on any atom is -0.326 e. The number of Topliss-reactive ketones (excluding diaryl/α,β-unsaturated/α-hetero) is 1. The highest BCUT2D eigenvalue weighted by molar-refractivity contribution is 5.96. The fourth-order valence-corrected chi connectivity index (χ4v) is 3.24. The Morgan fingerprint density at radius 3 is 2.52 bits per heavy atom. The first-order valence-electron chi connectivity index (χ1n) is 8.84. The second-order valence-electron chi connectivity index (χ2n) is 6.65. The zero-order chi connectivity index (χ0) is 18.6. The van der Waals surface area contributed by atoms with Crippen molar-refractivity contribution >= 4 is 29.1 Å². The Morgan fingerprint density at radius 1 is 1.20 bits per heavy atom. The molecular weight excluding hydrogens is 318 g/mol. The van der Waals surface area contributed by atoms with Crippen LogP contribution in [0.3, 0.4) is 0 Å². The van der Waals surface area contributed by atoms with E-state index in [0.29, 0.717) is 32.5 Å². The van der Waals surface area contributed by atoms with E-state index in [0.717, 1.165) is 16.9 Å². The molecule has 0 aromatic heterocycles. The van der Waals surface area contributed by atoms with Gasteiger partial charge in [-0.1, -0.05) is 6.92 Å². The Morgan fingerprint density at radius 2 is 1.92 bits per heavy atom. The molecule has 0 saturated heterocycles. The summed E-state index contributed by atoms with van der Waals surface area (Å²) in [6.07, 6.45) is 0.730. The number of amides is 3. The van der Waals surface area contributed by atoms with Gasteiger partial charge in [-0.2, -0.15) is 0 Å². The van der Waals surface area contributed by atoms with Gasteiger partial charge in [0, 0.05) is 38.2 Å². The predicted octanol–water partition coefficient (Wildman–Crippen LogP) is 3.41. The van der Waals surface area contributed by atoms with Crippen LogP contribution in [0.25, 0.3) is 0 Å². The molecular formula is C19H27N3O3. The van der Waals surface area contributed by atoms with Gasteiger partial charge in [0.15, 0.2) is 0 Å². The number of nitrogens with one attached hydrogen (secondary N) is 1. The van der Waals surface area contributed by atoms with Crippen molar-refractivity contribution in [3.63, 3.8) is 0 Å². The van der Waals surface area contributed by atoms with Crippen molar-refractivity contribution in [3.05, 3.63) is 23.8 Å². The smallest absolute Gasteiger partial charge is 0.324 e. The molecule has 0 spiro atoms. The van der Waals surface area contributed by atoms with Crippen molar-refractivity contribution in [3.8, 4) is 0 Å². The lowest BCUT2D eigenvalue weighted by Crippen LogP contribution is -2.46. The predicted molar refractivity (Wildman–Crippen MR) is 98.7 cm³/mol. The van der Waals surface area contributed by atoms with Crippen molar-refractivity contribution in [2.75, 3.05) is 23.3 Å². The molecule has 0 radical (unpaired) electrons. The Bertz CT molecular complexity index is 672. The molecule has 0 aliphatic carbocycles. The first kappa shape index (κ1) is 19.0. The summed E-state index contributed by atoms with van der Waals surface area (Å²) in [5.41, 5.74) is 2.65. The molecule has 0 bridgehead atoms. The first-order valence-corrected chi connectivity index (χ1v) is 8.84. The summed E-state index contributed by atoms with van der Waals surface area (Å²) in [7, 11) is 0. The normalized spacial score (nSPS) is 15.0. The first-order chi connectivity index (χ1) is 11.8. The van der Waals surface area contributed by atoms with Crippen LogP contribution in [-0.4, -0.2) is 35.7 Å². The van der Waals surface area contributed by atoms with E-state index in [1.807, 2.05) is 39.0 Å². The van der Waals surface area contributed by atoms with Crippen LogP contribution in [0.2, 0.25) is 0 Å². The molecule has 136 valence electrons. The number of benzene rings is 1. The van der Waals surface area contributed by atoms with E-state index in [4.69, 9.17) is 0 Å². The molecule has 1 heterocycles. The molecule has 1 N–H and O–H groups in total. The van der Waals surface area contributed by atoms with Gasteiger partial charge in [0.1, 0.15) is 5.78 Å². The number of ketones is 1. The lowest BCUT2D eigenvalue weighted by molar-refractivity contribution is -0.119. The van der Waals surface area contributed by atoms with Crippen molar-refractivity contribution in [2.24, 2.45) is 5.92 Å². The van der Waals surface area contributed by atoms with Crippen LogP contribution in [-0.2, 0) is 16.1 Å². The second-order valence-corrected chi connectivity index (χ2v) is 6.65. The van der Waals surface area contributed by atoms with Crippen LogP contribution >= 0.6 is 0 Å². The van der Waals surface area contributed by atoms with E-state index < -0.39 is 0 Å². The molecule has 1 aromatic rings. The summed E-state index contributed by atoms with van der Waals surface area (Å²) in [6, 6.07) is 5.66. The number of anilines is 2. The number of nitrogens with zero attached hydrogens (tertiary/aromatic N) is 2. The van der Waals surface area contributed by atoms with Crippen molar-refractivity contribution < 1.29 is 14.4 Å². The van der Waals surface area contributed by atoms with Crippen molar-refractivity contribution in [1.82, 2.24) is 4.90 Å². The monoisotopic (exact) mass is 345 g/mol. The van der Waals surface area contributed by atoms with Crippen LogP contribution in [0, 0.1) is 5.92 Å². The highest BCUT2D eigenvalue weighted by atomic mass is 16.2. The number of urea groups is 1. The summed E-state index contributed by atoms with van der Waals surface area (Å²) in [5, 5.41) is 2.90. The highest BCUT2D eigenvalue weighted by Crippen LogP contribution is 2.31. The maximum Gasteiger partial charge on any atom is 0.324 e. The Hall–Kier alpha value is -2.37. The molecule has 1 aliphatic heterocycles. The number of fused-ring (bicyclic) bond motifs is 1. The molecule has 25 heavy (non-hydrogen) atoms. The molecule has 1 atom stereocenters. The van der Waals surface area contributed by atoms with E-state index in [2.05, 4.69) is 5.32 Å². The second kappa shape index (κ2) is 8.14. The van der Waals surface area contributed by atoms with Crippen LogP contribution < -0.4 is 10.2 Å². The zero-order valence-corrected chi connectivity index (χ0v) is 15.5. The van der Waals surface area contributed by atoms with Gasteiger partial charge in [0.05, 0.1) is 5.69 Å². The number of rotatable bonds is 7. The van der Waals surface area contributed by atoms with E-state index in [1.54, 1.807) is 9.80 Å². The van der Waals surface area contributed by atoms with Crippen LogP contribution in [0.4, 0.5) is 16.2 Å². The van der Waals surface area contributed by atoms with Gasteiger partial charge in [0.2, 0.25) is 5.91 Å². The summed E-state index contributed by atoms with van der Waals surface area (Å²) in [5.74, 6) is 0.0252. The van der Waals surface area contributed by atoms with Gasteiger partial charge in [-0.05, 0) is 50.5 Å². The molecule has 6 nitrogen and oxygen atoms in total. The Balaban J connectivity index is 2.11. The molecule has 1 aromatic carbocycles. The fraction of sp³-hybridized carbons (Fsp3) is 0.526. The maximum absolute atomic E-state index is 12.4. The molecule has 1 unspecified atom stereocenters. The van der Waals surface area contributed by atoms with Crippen molar-refractivity contribution in [2.45, 2.75) is 47.1 Å². The fourth-order valence-electron chi connectivity index (χ4n) is 3.24. The van der Waals surface area contributed by atoms with Gasteiger partial charge in [0.25, 0.3) is 0 Å². The number of hydrogen-bond donors (Lipinski definition) is 1. The molecule has 2 rings (SSSR count). The summed E-state index contributed by atoms with van der Waals surface area (Å²) >= 11 is 0. The zero-order valence-electron chi connectivity index (χ0n) is 15.5. The van der Waals surface area contributed by atoms with Crippen molar-refractivity contribution in [1.29, 1.82) is 0 Å². The van der Waals surface area contributed by atoms with Crippen LogP contribution in [0.1, 0.15) is 46.1 Å². The highest BCUT2D eigenvalue weighted by Gasteiger charge is 2.28. The van der Waals surface area contributed by atoms with Gasteiger partial charge in [-0.15, -0.1) is 0 Å². The Labute approximate surface area is 149 Å². The minimum absolute atomic E-state index is 0.0207. The molecule has 0 saturated carbocycles. The van der Waals surface area contributed by atoms with Gasteiger partial charge in [-0.25, -0.2) is 4.79 Å². The van der Waals surface area contributed by atoms with Gasteiger partial charge in [-0.3, -0.25) is 9.69 Å². The summed E-state index contributed by atoms with van der Waals surface area (Å²) in [6.45, 7) is 9.15. The number of hydrogen-bond acceptors (Lipinski definition) is 3. The molecule has 6 heteroatoms. The summed E-state index contributed by atoms with van der Waals surface area (Å²) in [4.78, 5) is 39.2. The molecule has 1 aliphatic rings. The average Bonchev–Trinajstić information content (AvgIpc) is 2.53.